The molecule has 0 radical (unpaired) electrons. The van der Waals surface area contributed by atoms with Crippen LogP contribution < -0.4 is 10.1 Å². The van der Waals surface area contributed by atoms with Gasteiger partial charge in [0, 0.05) is 26.1 Å². The summed E-state index contributed by atoms with van der Waals surface area (Å²) in [6.07, 6.45) is 1.46. The van der Waals surface area contributed by atoms with Gasteiger partial charge >= 0.3 is 0 Å². The Hall–Kier alpha value is -2.57. The van der Waals surface area contributed by atoms with Gasteiger partial charge in [-0.25, -0.2) is 0 Å². The van der Waals surface area contributed by atoms with E-state index in [2.05, 4.69) is 5.32 Å². The molecular formula is C18H23N3O4. The van der Waals surface area contributed by atoms with Gasteiger partial charge in [-0.2, -0.15) is 0 Å². The molecule has 0 unspecified atom stereocenters. The summed E-state index contributed by atoms with van der Waals surface area (Å²) >= 11 is 0. The van der Waals surface area contributed by atoms with Crippen molar-refractivity contribution < 1.29 is 19.1 Å². The number of benzene rings is 1. The average Bonchev–Trinajstić information content (AvgIpc) is 3.02. The average molecular weight is 345 g/mol. The van der Waals surface area contributed by atoms with Crippen LogP contribution in [-0.2, 0) is 14.4 Å². The van der Waals surface area contributed by atoms with E-state index >= 15 is 0 Å². The van der Waals surface area contributed by atoms with Crippen LogP contribution in [0.2, 0.25) is 0 Å². The van der Waals surface area contributed by atoms with E-state index in [1.807, 2.05) is 30.3 Å². The molecule has 2 aliphatic heterocycles. The first kappa shape index (κ1) is 17.3. The zero-order chi connectivity index (χ0) is 17.8. The minimum Gasteiger partial charge on any atom is -0.494 e. The van der Waals surface area contributed by atoms with Crippen molar-refractivity contribution in [3.8, 4) is 5.75 Å². The fourth-order valence-corrected chi connectivity index (χ4v) is 3.32. The molecule has 0 spiro atoms. The highest BCUT2D eigenvalue weighted by Gasteiger charge is 2.44. The van der Waals surface area contributed by atoms with Crippen LogP contribution in [0.4, 0.5) is 0 Å². The van der Waals surface area contributed by atoms with Gasteiger partial charge in [-0.3, -0.25) is 14.4 Å². The third-order valence-corrected chi connectivity index (χ3v) is 4.58. The molecule has 7 heteroatoms. The van der Waals surface area contributed by atoms with E-state index in [9.17, 15) is 14.4 Å². The van der Waals surface area contributed by atoms with Crippen LogP contribution in [-0.4, -0.2) is 66.3 Å². The fraction of sp³-hybridized carbons (Fsp3) is 0.500. The van der Waals surface area contributed by atoms with Crippen LogP contribution in [0.25, 0.3) is 0 Å². The number of hydrogen-bond donors (Lipinski definition) is 1. The number of carbonyl (C=O) groups is 3. The first-order chi connectivity index (χ1) is 12.0. The van der Waals surface area contributed by atoms with E-state index in [0.29, 0.717) is 32.4 Å². The standard InChI is InChI=1S/C18H23N3O4/c1-20-12-17(23)21-11-13(10-15(21)18(20)24)19-16(22)8-5-9-25-14-6-3-2-4-7-14/h2-4,6-7,13,15H,5,8-12H2,1H3,(H,19,22)/t13-,15+/m1/s1. The van der Waals surface area contributed by atoms with E-state index in [4.69, 9.17) is 4.74 Å². The number of nitrogens with zero attached hydrogens (tertiary/aromatic N) is 2. The van der Waals surface area contributed by atoms with Gasteiger partial charge in [-0.05, 0) is 25.0 Å². The summed E-state index contributed by atoms with van der Waals surface area (Å²) in [5.74, 6) is 0.610. The summed E-state index contributed by atoms with van der Waals surface area (Å²) in [4.78, 5) is 39.3. The van der Waals surface area contributed by atoms with Crippen LogP contribution in [0.3, 0.4) is 0 Å². The molecule has 2 aliphatic rings. The highest BCUT2D eigenvalue weighted by atomic mass is 16.5. The lowest BCUT2D eigenvalue weighted by molar-refractivity contribution is -0.152. The predicted octanol–water partition coefficient (Wildman–Crippen LogP) is 0.403. The maximum atomic E-state index is 12.1. The maximum Gasteiger partial charge on any atom is 0.245 e. The van der Waals surface area contributed by atoms with E-state index in [0.717, 1.165) is 5.75 Å². The van der Waals surface area contributed by atoms with Crippen LogP contribution >= 0.6 is 0 Å². The Kier molecular flexibility index (Phi) is 5.21. The second-order valence-corrected chi connectivity index (χ2v) is 6.52. The molecule has 1 N–H and O–H groups in total. The third kappa shape index (κ3) is 4.10. The molecule has 25 heavy (non-hydrogen) atoms. The second kappa shape index (κ2) is 7.55. The molecule has 0 aliphatic carbocycles. The van der Waals surface area contributed by atoms with Crippen molar-refractivity contribution in [2.45, 2.75) is 31.3 Å². The van der Waals surface area contributed by atoms with Gasteiger partial charge in [0.2, 0.25) is 17.7 Å². The molecule has 7 nitrogen and oxygen atoms in total. The minimum atomic E-state index is -0.432. The number of amides is 3. The monoisotopic (exact) mass is 345 g/mol. The number of hydrogen-bond acceptors (Lipinski definition) is 4. The largest absolute Gasteiger partial charge is 0.494 e. The lowest BCUT2D eigenvalue weighted by Gasteiger charge is -2.33. The van der Waals surface area contributed by atoms with Crippen molar-refractivity contribution >= 4 is 17.7 Å². The van der Waals surface area contributed by atoms with Gasteiger partial charge in [0.05, 0.1) is 13.2 Å². The van der Waals surface area contributed by atoms with Gasteiger partial charge in [-0.1, -0.05) is 18.2 Å². The van der Waals surface area contributed by atoms with E-state index in [-0.39, 0.29) is 30.3 Å². The minimum absolute atomic E-state index is 0.0485. The number of rotatable bonds is 6. The first-order valence-corrected chi connectivity index (χ1v) is 8.56. The van der Waals surface area contributed by atoms with Crippen molar-refractivity contribution in [2.24, 2.45) is 0 Å². The number of nitrogens with one attached hydrogen (secondary N) is 1. The van der Waals surface area contributed by atoms with Gasteiger partial charge in [0.25, 0.3) is 0 Å². The Balaban J connectivity index is 1.40. The summed E-state index contributed by atoms with van der Waals surface area (Å²) in [6, 6.07) is 8.88. The van der Waals surface area contributed by atoms with Gasteiger partial charge < -0.3 is 19.9 Å². The Morgan fingerprint density at radius 3 is 2.80 bits per heavy atom. The van der Waals surface area contributed by atoms with Crippen molar-refractivity contribution in [3.63, 3.8) is 0 Å². The quantitative estimate of drug-likeness (QED) is 0.757. The van der Waals surface area contributed by atoms with Crippen molar-refractivity contribution in [2.75, 3.05) is 26.7 Å². The van der Waals surface area contributed by atoms with Crippen LogP contribution in [0.1, 0.15) is 19.3 Å². The summed E-state index contributed by atoms with van der Waals surface area (Å²) in [5.41, 5.74) is 0. The topological polar surface area (TPSA) is 79.0 Å². The van der Waals surface area contributed by atoms with Crippen molar-refractivity contribution in [3.05, 3.63) is 30.3 Å². The molecule has 2 atom stereocenters. The number of likely N-dealkylation sites (N-methyl/N-ethyl adjacent to an activating group) is 1. The molecular weight excluding hydrogens is 322 g/mol. The van der Waals surface area contributed by atoms with Gasteiger partial charge in [0.1, 0.15) is 11.8 Å². The number of fused-ring (bicyclic) bond motifs is 1. The van der Waals surface area contributed by atoms with Gasteiger partial charge in [-0.15, -0.1) is 0 Å². The molecule has 0 saturated carbocycles. The Morgan fingerprint density at radius 2 is 2.04 bits per heavy atom. The molecule has 1 aromatic rings. The number of carbonyl (C=O) groups excluding carboxylic acids is 3. The lowest BCUT2D eigenvalue weighted by atomic mass is 10.1. The molecule has 3 rings (SSSR count). The van der Waals surface area contributed by atoms with E-state index in [1.165, 1.54) is 4.90 Å². The predicted molar refractivity (Wildman–Crippen MR) is 90.9 cm³/mol. The Morgan fingerprint density at radius 1 is 1.28 bits per heavy atom. The molecule has 2 fully saturated rings. The number of ether oxygens (including phenoxy) is 1. The molecule has 134 valence electrons. The Bertz CT molecular complexity index is 649. The zero-order valence-corrected chi connectivity index (χ0v) is 14.3. The van der Waals surface area contributed by atoms with E-state index in [1.54, 1.807) is 11.9 Å². The second-order valence-electron chi connectivity index (χ2n) is 6.52. The van der Waals surface area contributed by atoms with Gasteiger partial charge in [0.15, 0.2) is 0 Å². The molecule has 2 saturated heterocycles. The highest BCUT2D eigenvalue weighted by Crippen LogP contribution is 2.23. The summed E-state index contributed by atoms with van der Waals surface area (Å²) in [6.45, 7) is 1.00. The summed E-state index contributed by atoms with van der Waals surface area (Å²) in [5, 5.41) is 2.93. The molecule has 0 aromatic heterocycles. The molecule has 0 bridgehead atoms. The first-order valence-electron chi connectivity index (χ1n) is 8.56. The smallest absolute Gasteiger partial charge is 0.245 e. The summed E-state index contributed by atoms with van der Waals surface area (Å²) in [7, 11) is 1.64. The van der Waals surface area contributed by atoms with Crippen LogP contribution in [0, 0.1) is 0 Å². The summed E-state index contributed by atoms with van der Waals surface area (Å²) < 4.78 is 5.56. The van der Waals surface area contributed by atoms with Crippen molar-refractivity contribution in [1.82, 2.24) is 15.1 Å². The van der Waals surface area contributed by atoms with Crippen molar-refractivity contribution in [1.29, 1.82) is 0 Å². The fourth-order valence-electron chi connectivity index (χ4n) is 3.32. The van der Waals surface area contributed by atoms with E-state index < -0.39 is 6.04 Å². The molecule has 1 aromatic carbocycles. The Labute approximate surface area is 146 Å². The lowest BCUT2D eigenvalue weighted by Crippen LogP contribution is -2.55. The number of para-hydroxylation sites is 1. The molecule has 2 heterocycles. The SMILES string of the molecule is CN1CC(=O)N2C[C@H](NC(=O)CCCOc3ccccc3)C[C@H]2C1=O. The maximum absolute atomic E-state index is 12.1. The van der Waals surface area contributed by atoms with Crippen LogP contribution in [0.15, 0.2) is 30.3 Å². The number of piperazine rings is 1. The zero-order valence-electron chi connectivity index (χ0n) is 14.3. The highest BCUT2D eigenvalue weighted by molar-refractivity contribution is 5.95. The normalized spacial score (nSPS) is 22.8. The molecule has 3 amide bonds. The third-order valence-electron chi connectivity index (χ3n) is 4.58. The van der Waals surface area contributed by atoms with Crippen LogP contribution in [0.5, 0.6) is 5.75 Å².